The fourth-order valence-electron chi connectivity index (χ4n) is 5.14. The predicted molar refractivity (Wildman–Crippen MR) is 152 cm³/mol. The van der Waals surface area contributed by atoms with Crippen molar-refractivity contribution in [2.24, 2.45) is 5.92 Å². The quantitative estimate of drug-likeness (QED) is 0.170. The highest BCUT2D eigenvalue weighted by Crippen LogP contribution is 2.40. The molecule has 5 rings (SSSR count). The van der Waals surface area contributed by atoms with Crippen molar-refractivity contribution in [3.05, 3.63) is 89.3 Å². The molecule has 0 unspecified atom stereocenters. The van der Waals surface area contributed by atoms with Crippen molar-refractivity contribution in [1.29, 1.82) is 0 Å². The minimum absolute atomic E-state index is 0.0102. The fraction of sp³-hybridized carbons (Fsp3) is 0.281. The number of carbonyl (C=O) groups excluding carboxylic acids is 2. The van der Waals surface area contributed by atoms with Gasteiger partial charge in [-0.25, -0.2) is 4.98 Å². The Labute approximate surface area is 248 Å². The van der Waals surface area contributed by atoms with Crippen molar-refractivity contribution in [2.45, 2.75) is 38.0 Å². The fourth-order valence-corrected chi connectivity index (χ4v) is 5.14. The highest BCUT2D eigenvalue weighted by atomic mass is 19.4. The Morgan fingerprint density at radius 3 is 2.27 bits per heavy atom. The molecule has 1 aliphatic rings. The number of hydrogen-bond acceptors (Lipinski definition) is 5. The summed E-state index contributed by atoms with van der Waals surface area (Å²) in [6.45, 7) is -0.0533. The first-order chi connectivity index (χ1) is 20.8. The lowest BCUT2D eigenvalue weighted by Crippen LogP contribution is -2.42. The van der Waals surface area contributed by atoms with Crippen LogP contribution in [0.3, 0.4) is 0 Å². The lowest BCUT2D eigenvalue weighted by Gasteiger charge is -2.33. The summed E-state index contributed by atoms with van der Waals surface area (Å²) < 4.78 is 86.6. The zero-order chi connectivity index (χ0) is 31.6. The molecular formula is C32H27F6N3O3. The van der Waals surface area contributed by atoms with E-state index in [1.165, 1.54) is 53.6 Å². The van der Waals surface area contributed by atoms with Gasteiger partial charge in [0, 0.05) is 43.1 Å². The molecule has 0 bridgehead atoms. The van der Waals surface area contributed by atoms with E-state index in [9.17, 15) is 35.9 Å². The number of pyridine rings is 1. The summed E-state index contributed by atoms with van der Waals surface area (Å²) in [7, 11) is 0. The van der Waals surface area contributed by atoms with Gasteiger partial charge in [-0.05, 0) is 84.1 Å². The Bertz CT molecular complexity index is 1680. The number of amides is 1. The molecule has 0 spiro atoms. The van der Waals surface area contributed by atoms with Crippen molar-refractivity contribution in [2.75, 3.05) is 18.8 Å². The number of carbonyl (C=O) groups is 2. The zero-order valence-corrected chi connectivity index (χ0v) is 23.2. The van der Waals surface area contributed by atoms with Crippen LogP contribution in [0.4, 0.5) is 32.2 Å². The van der Waals surface area contributed by atoms with Gasteiger partial charge in [-0.3, -0.25) is 9.59 Å². The van der Waals surface area contributed by atoms with Gasteiger partial charge in [-0.15, -0.1) is 0 Å². The lowest BCUT2D eigenvalue weighted by molar-refractivity contribution is -0.183. The highest BCUT2D eigenvalue weighted by Gasteiger charge is 2.42. The second-order valence-corrected chi connectivity index (χ2v) is 10.7. The number of furan rings is 1. The van der Waals surface area contributed by atoms with Gasteiger partial charge < -0.3 is 15.1 Å². The molecule has 0 saturated carbocycles. The number of allylic oxidation sites excluding steroid dienone is 1. The van der Waals surface area contributed by atoms with Gasteiger partial charge in [0.1, 0.15) is 17.2 Å². The molecule has 2 aromatic heterocycles. The molecule has 2 aromatic carbocycles. The average Bonchev–Trinajstić information content (AvgIpc) is 3.41. The molecule has 1 saturated heterocycles. The van der Waals surface area contributed by atoms with Crippen molar-refractivity contribution < 1.29 is 40.3 Å². The largest absolute Gasteiger partial charge is 0.460 e. The van der Waals surface area contributed by atoms with Crippen LogP contribution in [0.2, 0.25) is 0 Å². The molecule has 230 valence electrons. The number of aromatic nitrogens is 1. The van der Waals surface area contributed by atoms with Gasteiger partial charge in [0.2, 0.25) is 0 Å². The third-order valence-corrected chi connectivity index (χ3v) is 7.57. The molecule has 0 aliphatic carbocycles. The molecule has 1 amide bonds. The highest BCUT2D eigenvalue weighted by molar-refractivity contribution is 5.95. The molecule has 12 heteroatoms. The van der Waals surface area contributed by atoms with Crippen molar-refractivity contribution >= 4 is 34.6 Å². The number of nitrogens with two attached hydrogens (primary N) is 1. The first-order valence-corrected chi connectivity index (χ1v) is 13.8. The summed E-state index contributed by atoms with van der Waals surface area (Å²) in [5.74, 6) is -1.57. The topological polar surface area (TPSA) is 89.4 Å². The maximum atomic E-state index is 14.0. The van der Waals surface area contributed by atoms with Crippen LogP contribution in [-0.4, -0.2) is 40.8 Å². The molecule has 6 nitrogen and oxygen atoms in total. The smallest absolute Gasteiger partial charge is 0.420 e. The monoisotopic (exact) mass is 615 g/mol. The van der Waals surface area contributed by atoms with Crippen molar-refractivity contribution in [3.8, 4) is 11.1 Å². The second kappa shape index (κ2) is 12.2. The summed E-state index contributed by atoms with van der Waals surface area (Å²) in [4.78, 5) is 30.5. The number of anilines is 1. The molecular weight excluding hydrogens is 588 g/mol. The number of rotatable bonds is 7. The standard InChI is InChI=1S/C32H27F6N3O3/c33-31(34,35)24-11-13-41(14-12-24)30(43)21-5-3-20(4-6-21)22-15-23-16-26(44-29(23)27(17-22)32(36,37)38)9-8-25(42)7-1-19-2-10-28(39)40-18-19/h1-7,10,15-18,24H,8-9,11-14H2,(H2,39,40)/b7-1+. The summed E-state index contributed by atoms with van der Waals surface area (Å²) in [6.07, 6.45) is -4.85. The van der Waals surface area contributed by atoms with E-state index in [2.05, 4.69) is 4.98 Å². The van der Waals surface area contributed by atoms with Gasteiger partial charge in [0.25, 0.3) is 5.91 Å². The number of piperidine rings is 1. The van der Waals surface area contributed by atoms with Crippen LogP contribution in [0, 0.1) is 5.92 Å². The van der Waals surface area contributed by atoms with Gasteiger partial charge >= 0.3 is 12.4 Å². The first kappa shape index (κ1) is 30.8. The molecule has 1 fully saturated rings. The number of nitrogen functional groups attached to an aromatic ring is 1. The van der Waals surface area contributed by atoms with Crippen LogP contribution in [0.1, 0.15) is 46.5 Å². The molecule has 2 N–H and O–H groups in total. The number of hydrogen-bond donors (Lipinski definition) is 1. The Morgan fingerprint density at radius 1 is 0.955 bits per heavy atom. The van der Waals surface area contributed by atoms with Crippen molar-refractivity contribution in [1.82, 2.24) is 9.88 Å². The third kappa shape index (κ3) is 7.12. The third-order valence-electron chi connectivity index (χ3n) is 7.57. The van der Waals surface area contributed by atoms with E-state index in [0.717, 1.165) is 6.07 Å². The number of likely N-dealkylation sites (tertiary alicyclic amines) is 1. The van der Waals surface area contributed by atoms with Gasteiger partial charge in [0.05, 0.1) is 11.5 Å². The van der Waals surface area contributed by atoms with E-state index in [4.69, 9.17) is 10.2 Å². The van der Waals surface area contributed by atoms with Crippen LogP contribution >= 0.6 is 0 Å². The first-order valence-electron chi connectivity index (χ1n) is 13.8. The maximum absolute atomic E-state index is 14.0. The zero-order valence-electron chi connectivity index (χ0n) is 23.2. The number of fused-ring (bicyclic) bond motifs is 1. The number of ketones is 1. The molecule has 1 aliphatic heterocycles. The Hall–Kier alpha value is -4.61. The molecule has 0 radical (unpaired) electrons. The molecule has 4 aromatic rings. The van der Waals surface area contributed by atoms with E-state index >= 15 is 0 Å². The van der Waals surface area contributed by atoms with Gasteiger partial charge in [-0.1, -0.05) is 12.1 Å². The molecule has 0 atom stereocenters. The number of halogens is 6. The number of alkyl halides is 6. The van der Waals surface area contributed by atoms with E-state index in [-0.39, 0.29) is 72.4 Å². The summed E-state index contributed by atoms with van der Waals surface area (Å²) in [6, 6.07) is 13.1. The van der Waals surface area contributed by atoms with Crippen molar-refractivity contribution in [3.63, 3.8) is 0 Å². The Morgan fingerprint density at radius 2 is 1.66 bits per heavy atom. The lowest BCUT2D eigenvalue weighted by atomic mass is 9.95. The summed E-state index contributed by atoms with van der Waals surface area (Å²) >= 11 is 0. The summed E-state index contributed by atoms with van der Waals surface area (Å²) in [5.41, 5.74) is 5.75. The van der Waals surface area contributed by atoms with Crippen LogP contribution in [-0.2, 0) is 17.4 Å². The normalized spacial score (nSPS) is 14.9. The number of aryl methyl sites for hydroxylation is 1. The Kier molecular flexibility index (Phi) is 8.53. The van der Waals surface area contributed by atoms with Crippen LogP contribution in [0.15, 0.2) is 71.3 Å². The second-order valence-electron chi connectivity index (χ2n) is 10.7. The van der Waals surface area contributed by atoms with E-state index in [1.54, 1.807) is 18.2 Å². The minimum atomic E-state index is -4.73. The maximum Gasteiger partial charge on any atom is 0.420 e. The SMILES string of the molecule is Nc1ccc(/C=C/C(=O)CCc2cc3cc(-c4ccc(C(=O)N5CCC(C(F)(F)F)CC5)cc4)cc(C(F)(F)F)c3o2)cn1. The molecule has 3 heterocycles. The van der Waals surface area contributed by atoms with E-state index in [0.29, 0.717) is 16.9 Å². The Balaban J connectivity index is 1.31. The van der Waals surface area contributed by atoms with Crippen LogP contribution in [0.25, 0.3) is 28.2 Å². The summed E-state index contributed by atoms with van der Waals surface area (Å²) in [5, 5.41) is 0.202. The van der Waals surface area contributed by atoms with Gasteiger partial charge in [0.15, 0.2) is 5.78 Å². The van der Waals surface area contributed by atoms with E-state index < -0.39 is 29.7 Å². The minimum Gasteiger partial charge on any atom is -0.460 e. The predicted octanol–water partition coefficient (Wildman–Crippen LogP) is 7.73. The van der Waals surface area contributed by atoms with Gasteiger partial charge in [-0.2, -0.15) is 26.3 Å². The number of nitrogens with zero attached hydrogens (tertiary/aromatic N) is 2. The van der Waals surface area contributed by atoms with Crippen LogP contribution < -0.4 is 5.73 Å². The average molecular weight is 616 g/mol. The number of benzene rings is 2. The van der Waals surface area contributed by atoms with Crippen LogP contribution in [0.5, 0.6) is 0 Å². The molecule has 44 heavy (non-hydrogen) atoms. The van der Waals surface area contributed by atoms with E-state index in [1.807, 2.05) is 0 Å².